The van der Waals surface area contributed by atoms with Crippen molar-refractivity contribution < 1.29 is 13.2 Å². The second-order valence-electron chi connectivity index (χ2n) is 4.34. The smallest absolute Gasteiger partial charge is 0.280 e. The van der Waals surface area contributed by atoms with Crippen LogP contribution in [0.4, 0.5) is 0 Å². The van der Waals surface area contributed by atoms with Crippen LogP contribution in [-0.2, 0) is 26.8 Å². The largest absolute Gasteiger partial charge is 0.380 e. The summed E-state index contributed by atoms with van der Waals surface area (Å²) in [5.74, 6) is 0.737. The lowest BCUT2D eigenvalue weighted by Crippen LogP contribution is -2.09. The Kier molecular flexibility index (Phi) is 6.82. The van der Waals surface area contributed by atoms with Gasteiger partial charge in [0.15, 0.2) is 5.03 Å². The van der Waals surface area contributed by atoms with Gasteiger partial charge < -0.3 is 9.30 Å². The van der Waals surface area contributed by atoms with E-state index in [2.05, 4.69) is 11.9 Å². The molecule has 5 nitrogen and oxygen atoms in total. The highest BCUT2D eigenvalue weighted by molar-refractivity contribution is 8.13. The maximum Gasteiger partial charge on any atom is 0.280 e. The minimum absolute atomic E-state index is 0.0776. The molecule has 0 N–H and O–H groups in total. The van der Waals surface area contributed by atoms with Crippen molar-refractivity contribution in [2.45, 2.75) is 51.1 Å². The maximum absolute atomic E-state index is 11.3. The highest BCUT2D eigenvalue weighted by Crippen LogP contribution is 2.15. The molecule has 0 saturated heterocycles. The van der Waals surface area contributed by atoms with Gasteiger partial charge >= 0.3 is 0 Å². The normalized spacial score (nSPS) is 11.9. The molecule has 0 aromatic carbocycles. The summed E-state index contributed by atoms with van der Waals surface area (Å²) in [5.41, 5.74) is 0. The van der Waals surface area contributed by atoms with Crippen molar-refractivity contribution in [3.63, 3.8) is 0 Å². The molecule has 0 unspecified atom stereocenters. The van der Waals surface area contributed by atoms with Gasteiger partial charge in [0.2, 0.25) is 0 Å². The number of hydrogen-bond acceptors (Lipinski definition) is 4. The van der Waals surface area contributed by atoms with Crippen molar-refractivity contribution >= 4 is 19.7 Å². The molecule has 1 heterocycles. The first-order valence-corrected chi connectivity index (χ1v) is 8.88. The van der Waals surface area contributed by atoms with Crippen LogP contribution in [0.15, 0.2) is 11.2 Å². The van der Waals surface area contributed by atoms with Crippen molar-refractivity contribution in [2.75, 3.05) is 13.2 Å². The fourth-order valence-corrected chi connectivity index (χ4v) is 2.36. The Morgan fingerprint density at radius 3 is 2.63 bits per heavy atom. The van der Waals surface area contributed by atoms with Crippen LogP contribution in [0.25, 0.3) is 0 Å². The van der Waals surface area contributed by atoms with E-state index in [1.54, 1.807) is 0 Å². The summed E-state index contributed by atoms with van der Waals surface area (Å²) < 4.78 is 29.8. The van der Waals surface area contributed by atoms with Crippen LogP contribution in [0.3, 0.4) is 0 Å². The Balaban J connectivity index is 2.67. The topological polar surface area (TPSA) is 61.2 Å². The maximum atomic E-state index is 11.3. The Hall–Kier alpha value is -0.590. The van der Waals surface area contributed by atoms with E-state index in [-0.39, 0.29) is 5.03 Å². The molecular weight excluding hydrogens is 288 g/mol. The van der Waals surface area contributed by atoms with E-state index in [0.717, 1.165) is 38.1 Å². The van der Waals surface area contributed by atoms with Crippen molar-refractivity contribution in [1.82, 2.24) is 9.55 Å². The third-order valence-electron chi connectivity index (χ3n) is 2.68. The molecule has 0 fully saturated rings. The molecule has 0 aliphatic heterocycles. The van der Waals surface area contributed by atoms with E-state index < -0.39 is 9.05 Å². The van der Waals surface area contributed by atoms with Crippen molar-refractivity contribution in [3.8, 4) is 0 Å². The molecule has 110 valence electrons. The molecule has 7 heteroatoms. The van der Waals surface area contributed by atoms with E-state index in [1.165, 1.54) is 6.20 Å². The lowest BCUT2D eigenvalue weighted by molar-refractivity contribution is 0.123. The summed E-state index contributed by atoms with van der Waals surface area (Å²) in [6.07, 6.45) is 5.24. The predicted molar refractivity (Wildman–Crippen MR) is 75.0 cm³/mol. The number of aryl methyl sites for hydroxylation is 1. The zero-order valence-electron chi connectivity index (χ0n) is 11.4. The molecule has 1 aromatic rings. The molecule has 0 amide bonds. The zero-order valence-corrected chi connectivity index (χ0v) is 13.0. The third-order valence-corrected chi connectivity index (χ3v) is 3.85. The average Bonchev–Trinajstić information content (AvgIpc) is 2.73. The van der Waals surface area contributed by atoms with Gasteiger partial charge in [0.25, 0.3) is 9.05 Å². The van der Waals surface area contributed by atoms with Gasteiger partial charge in [-0.2, -0.15) is 0 Å². The third kappa shape index (κ3) is 5.50. The first-order chi connectivity index (χ1) is 8.99. The fraction of sp³-hybridized carbons (Fsp3) is 0.750. The summed E-state index contributed by atoms with van der Waals surface area (Å²) in [6, 6.07) is 0. The summed E-state index contributed by atoms with van der Waals surface area (Å²) >= 11 is 0. The Morgan fingerprint density at radius 2 is 2.05 bits per heavy atom. The van der Waals surface area contributed by atoms with Gasteiger partial charge in [-0.05, 0) is 12.8 Å². The van der Waals surface area contributed by atoms with Gasteiger partial charge in [0, 0.05) is 36.5 Å². The highest BCUT2D eigenvalue weighted by Gasteiger charge is 2.17. The van der Waals surface area contributed by atoms with Crippen LogP contribution in [0.2, 0.25) is 0 Å². The first-order valence-electron chi connectivity index (χ1n) is 6.57. The molecule has 0 saturated carbocycles. The summed E-state index contributed by atoms with van der Waals surface area (Å²) in [4.78, 5) is 4.07. The molecular formula is C12H21ClN2O3S. The second-order valence-corrected chi connectivity index (χ2v) is 6.86. The molecule has 0 atom stereocenters. The van der Waals surface area contributed by atoms with Gasteiger partial charge in [-0.25, -0.2) is 13.4 Å². The monoisotopic (exact) mass is 308 g/mol. The van der Waals surface area contributed by atoms with Gasteiger partial charge in [-0.15, -0.1) is 0 Å². The quantitative estimate of drug-likeness (QED) is 0.519. The average molecular weight is 309 g/mol. The fourth-order valence-electron chi connectivity index (χ4n) is 1.67. The molecule has 0 spiro atoms. The standard InChI is InChI=1S/C12H21ClN2O3S/c1-3-5-8-18-9-7-15-10-12(19(13,16)17)14-11(15)6-4-2/h10H,3-9H2,1-2H3. The van der Waals surface area contributed by atoms with Gasteiger partial charge in [-0.3, -0.25) is 0 Å². The van der Waals surface area contributed by atoms with Gasteiger partial charge in [-0.1, -0.05) is 20.3 Å². The predicted octanol–water partition coefficient (Wildman–Crippen LogP) is 2.58. The highest BCUT2D eigenvalue weighted by atomic mass is 35.7. The molecule has 0 radical (unpaired) electrons. The first kappa shape index (κ1) is 16.5. The van der Waals surface area contributed by atoms with Crippen LogP contribution in [0, 0.1) is 0 Å². The van der Waals surface area contributed by atoms with E-state index >= 15 is 0 Å². The van der Waals surface area contributed by atoms with Crippen LogP contribution >= 0.6 is 10.7 Å². The molecule has 19 heavy (non-hydrogen) atoms. The number of halogens is 1. The SMILES string of the molecule is CCCCOCCn1cc(S(=O)(=O)Cl)nc1CCC. The Bertz CT molecular complexity index is 485. The minimum atomic E-state index is -3.76. The lowest BCUT2D eigenvalue weighted by atomic mass is 10.3. The minimum Gasteiger partial charge on any atom is -0.380 e. The number of ether oxygens (including phenoxy) is 1. The number of aromatic nitrogens is 2. The van der Waals surface area contributed by atoms with Crippen molar-refractivity contribution in [1.29, 1.82) is 0 Å². The van der Waals surface area contributed by atoms with Gasteiger partial charge in [0.1, 0.15) is 5.82 Å². The number of rotatable bonds is 9. The number of nitrogens with zero attached hydrogens (tertiary/aromatic N) is 2. The summed E-state index contributed by atoms with van der Waals surface area (Å²) in [7, 11) is 1.55. The van der Waals surface area contributed by atoms with E-state index in [1.807, 2.05) is 11.5 Å². The summed E-state index contributed by atoms with van der Waals surface area (Å²) in [6.45, 7) is 6.00. The van der Waals surface area contributed by atoms with Crippen LogP contribution in [0.5, 0.6) is 0 Å². The molecule has 0 aliphatic rings. The molecule has 1 aromatic heterocycles. The number of imidazole rings is 1. The van der Waals surface area contributed by atoms with Crippen molar-refractivity contribution in [2.24, 2.45) is 0 Å². The van der Waals surface area contributed by atoms with E-state index in [4.69, 9.17) is 15.4 Å². The van der Waals surface area contributed by atoms with Crippen LogP contribution in [0.1, 0.15) is 38.9 Å². The molecule has 0 aliphatic carbocycles. The second kappa shape index (κ2) is 7.87. The molecule has 1 rings (SSSR count). The molecule has 0 bridgehead atoms. The number of unbranched alkanes of at least 4 members (excludes halogenated alkanes) is 1. The lowest BCUT2D eigenvalue weighted by Gasteiger charge is -2.07. The Labute approximate surface area is 119 Å². The van der Waals surface area contributed by atoms with Crippen LogP contribution in [-0.4, -0.2) is 31.2 Å². The Morgan fingerprint density at radius 1 is 1.32 bits per heavy atom. The zero-order chi connectivity index (χ0) is 14.3. The van der Waals surface area contributed by atoms with E-state index in [0.29, 0.717) is 13.2 Å². The van der Waals surface area contributed by atoms with E-state index in [9.17, 15) is 8.42 Å². The van der Waals surface area contributed by atoms with Crippen molar-refractivity contribution in [3.05, 3.63) is 12.0 Å². The van der Waals surface area contributed by atoms with Gasteiger partial charge in [0.05, 0.1) is 6.61 Å². The number of hydrogen-bond donors (Lipinski definition) is 0. The van der Waals surface area contributed by atoms with Crippen LogP contribution < -0.4 is 0 Å². The summed E-state index contributed by atoms with van der Waals surface area (Å²) in [5, 5.41) is -0.0776.